The predicted octanol–water partition coefficient (Wildman–Crippen LogP) is 2.09. The van der Waals surface area contributed by atoms with Gasteiger partial charge in [-0.3, -0.25) is 4.68 Å². The first kappa shape index (κ1) is 9.09. The van der Waals surface area contributed by atoms with Gasteiger partial charge in [-0.25, -0.2) is 0 Å². The summed E-state index contributed by atoms with van der Waals surface area (Å²) in [6, 6.07) is 1.37. The van der Waals surface area contributed by atoms with Crippen LogP contribution in [-0.4, -0.2) is 16.0 Å². The van der Waals surface area contributed by atoms with Crippen molar-refractivity contribution in [3.05, 3.63) is 18.0 Å². The molecule has 0 bridgehead atoms. The van der Waals surface area contributed by atoms with Gasteiger partial charge >= 0.3 is 6.18 Å². The smallest absolute Gasteiger partial charge is 0.272 e. The third kappa shape index (κ3) is 1.60. The molecule has 0 aliphatic carbocycles. The average Bonchev–Trinajstić information content (AvgIpc) is 2.31. The molecular formula is C7H9F3N2. The lowest BCUT2D eigenvalue weighted by atomic mass is 10.1. The minimum absolute atomic E-state index is 0.183. The second kappa shape index (κ2) is 2.80. The molecule has 1 aromatic rings. The molecule has 0 N–H and O–H groups in total. The van der Waals surface area contributed by atoms with Gasteiger partial charge in [0.1, 0.15) is 0 Å². The molecule has 1 heterocycles. The topological polar surface area (TPSA) is 17.8 Å². The summed E-state index contributed by atoms with van der Waals surface area (Å²) < 4.78 is 37.7. The first-order valence-electron chi connectivity index (χ1n) is 3.47. The zero-order valence-electron chi connectivity index (χ0n) is 6.76. The molecule has 0 spiro atoms. The average molecular weight is 178 g/mol. The van der Waals surface area contributed by atoms with Crippen LogP contribution in [-0.2, 0) is 7.05 Å². The highest BCUT2D eigenvalue weighted by molar-refractivity contribution is 5.08. The number of rotatable bonds is 1. The number of hydrogen-bond donors (Lipinski definition) is 0. The van der Waals surface area contributed by atoms with Crippen LogP contribution in [0.1, 0.15) is 18.5 Å². The Morgan fingerprint density at radius 3 is 2.42 bits per heavy atom. The largest absolute Gasteiger partial charge is 0.396 e. The van der Waals surface area contributed by atoms with E-state index in [1.807, 2.05) is 0 Å². The molecular weight excluding hydrogens is 169 g/mol. The van der Waals surface area contributed by atoms with E-state index < -0.39 is 12.1 Å². The molecule has 0 aliphatic rings. The third-order valence-corrected chi connectivity index (χ3v) is 1.79. The zero-order valence-corrected chi connectivity index (χ0v) is 6.76. The number of halogens is 3. The monoisotopic (exact) mass is 178 g/mol. The highest BCUT2D eigenvalue weighted by Crippen LogP contribution is 2.33. The summed E-state index contributed by atoms with van der Waals surface area (Å²) in [5, 5.41) is 3.67. The Hall–Kier alpha value is -1.00. The summed E-state index contributed by atoms with van der Waals surface area (Å²) in [5.41, 5.74) is 0.183. The van der Waals surface area contributed by atoms with Gasteiger partial charge in [0.15, 0.2) is 0 Å². The van der Waals surface area contributed by atoms with Crippen molar-refractivity contribution >= 4 is 0 Å². The summed E-state index contributed by atoms with van der Waals surface area (Å²) in [6.07, 6.45) is -2.83. The van der Waals surface area contributed by atoms with Crippen LogP contribution < -0.4 is 0 Å². The van der Waals surface area contributed by atoms with Crippen LogP contribution in [0.3, 0.4) is 0 Å². The first-order chi connectivity index (χ1) is 5.43. The van der Waals surface area contributed by atoms with Gasteiger partial charge in [-0.15, -0.1) is 0 Å². The van der Waals surface area contributed by atoms with E-state index >= 15 is 0 Å². The van der Waals surface area contributed by atoms with Crippen LogP contribution in [0.4, 0.5) is 13.2 Å². The second-order valence-electron chi connectivity index (χ2n) is 2.64. The molecule has 0 aliphatic heterocycles. The molecule has 12 heavy (non-hydrogen) atoms. The van der Waals surface area contributed by atoms with Gasteiger partial charge in [-0.2, -0.15) is 18.3 Å². The molecule has 1 aromatic heterocycles. The molecule has 0 radical (unpaired) electrons. The molecule has 1 atom stereocenters. The molecule has 2 nitrogen and oxygen atoms in total. The van der Waals surface area contributed by atoms with Gasteiger partial charge in [0.05, 0.1) is 5.92 Å². The Morgan fingerprint density at radius 2 is 2.08 bits per heavy atom. The summed E-state index contributed by atoms with van der Waals surface area (Å²) in [4.78, 5) is 0. The van der Waals surface area contributed by atoms with Crippen LogP contribution in [0.2, 0.25) is 0 Å². The number of aromatic nitrogens is 2. The van der Waals surface area contributed by atoms with Crippen molar-refractivity contribution in [3.63, 3.8) is 0 Å². The number of alkyl halides is 3. The van der Waals surface area contributed by atoms with E-state index in [0.717, 1.165) is 6.92 Å². The van der Waals surface area contributed by atoms with Crippen LogP contribution in [0.5, 0.6) is 0 Å². The molecule has 0 fully saturated rings. The fraction of sp³-hybridized carbons (Fsp3) is 0.571. The van der Waals surface area contributed by atoms with Gasteiger partial charge in [-0.1, -0.05) is 0 Å². The number of aryl methyl sites for hydroxylation is 1. The Labute approximate surface area is 68.0 Å². The summed E-state index contributed by atoms with van der Waals surface area (Å²) in [7, 11) is 1.50. The molecule has 68 valence electrons. The summed E-state index contributed by atoms with van der Waals surface area (Å²) >= 11 is 0. The maximum atomic E-state index is 12.2. The second-order valence-corrected chi connectivity index (χ2v) is 2.64. The van der Waals surface area contributed by atoms with Gasteiger partial charge in [0.25, 0.3) is 0 Å². The van der Waals surface area contributed by atoms with Crippen molar-refractivity contribution < 1.29 is 13.2 Å². The molecule has 0 saturated carbocycles. The third-order valence-electron chi connectivity index (χ3n) is 1.79. The first-order valence-corrected chi connectivity index (χ1v) is 3.47. The Balaban J connectivity index is 2.92. The Bertz CT molecular complexity index is 264. The summed E-state index contributed by atoms with van der Waals surface area (Å²) in [6.45, 7) is 1.12. The van der Waals surface area contributed by atoms with Crippen LogP contribution in [0.25, 0.3) is 0 Å². The van der Waals surface area contributed by atoms with Crippen molar-refractivity contribution in [1.29, 1.82) is 0 Å². The summed E-state index contributed by atoms with van der Waals surface area (Å²) in [5.74, 6) is -1.45. The molecule has 5 heteroatoms. The van der Waals surface area contributed by atoms with E-state index in [9.17, 15) is 13.2 Å². The standard InChI is InChI=1S/C7H9F3N2/c1-5(7(8,9)10)6-3-4-11-12(6)2/h3-5H,1-2H3. The highest BCUT2D eigenvalue weighted by Gasteiger charge is 2.38. The maximum Gasteiger partial charge on any atom is 0.396 e. The van der Waals surface area contributed by atoms with Crippen molar-refractivity contribution in [3.8, 4) is 0 Å². The molecule has 0 saturated heterocycles. The predicted molar refractivity (Wildman–Crippen MR) is 37.7 cm³/mol. The molecule has 1 rings (SSSR count). The minimum Gasteiger partial charge on any atom is -0.272 e. The van der Waals surface area contributed by atoms with Crippen molar-refractivity contribution in [2.24, 2.45) is 7.05 Å². The SMILES string of the molecule is CC(c1ccnn1C)C(F)(F)F. The van der Waals surface area contributed by atoms with Crippen LogP contribution in [0, 0.1) is 0 Å². The van der Waals surface area contributed by atoms with Crippen molar-refractivity contribution in [1.82, 2.24) is 9.78 Å². The lowest BCUT2D eigenvalue weighted by molar-refractivity contribution is -0.147. The fourth-order valence-electron chi connectivity index (χ4n) is 0.977. The van der Waals surface area contributed by atoms with E-state index in [1.165, 1.54) is 24.0 Å². The lowest BCUT2D eigenvalue weighted by Gasteiger charge is -2.15. The van der Waals surface area contributed by atoms with E-state index in [4.69, 9.17) is 0 Å². The molecule has 1 unspecified atom stereocenters. The van der Waals surface area contributed by atoms with Gasteiger partial charge in [-0.05, 0) is 13.0 Å². The van der Waals surface area contributed by atoms with Gasteiger partial charge in [0, 0.05) is 18.9 Å². The van der Waals surface area contributed by atoms with Gasteiger partial charge in [0.2, 0.25) is 0 Å². The van der Waals surface area contributed by atoms with E-state index in [1.54, 1.807) is 0 Å². The fourth-order valence-corrected chi connectivity index (χ4v) is 0.977. The lowest BCUT2D eigenvalue weighted by Crippen LogP contribution is -2.20. The maximum absolute atomic E-state index is 12.2. The van der Waals surface area contributed by atoms with E-state index in [0.29, 0.717) is 0 Å². The van der Waals surface area contributed by atoms with Crippen LogP contribution in [0.15, 0.2) is 12.3 Å². The quantitative estimate of drug-likeness (QED) is 0.643. The minimum atomic E-state index is -4.19. The van der Waals surface area contributed by atoms with E-state index in [2.05, 4.69) is 5.10 Å². The number of hydrogen-bond acceptors (Lipinski definition) is 1. The Morgan fingerprint density at radius 1 is 1.50 bits per heavy atom. The normalized spacial score (nSPS) is 14.8. The Kier molecular flexibility index (Phi) is 2.12. The zero-order chi connectivity index (χ0) is 9.35. The number of nitrogens with zero attached hydrogens (tertiary/aromatic N) is 2. The van der Waals surface area contributed by atoms with Crippen LogP contribution >= 0.6 is 0 Å². The van der Waals surface area contributed by atoms with Crippen molar-refractivity contribution in [2.75, 3.05) is 0 Å². The molecule has 0 amide bonds. The molecule has 0 aromatic carbocycles. The van der Waals surface area contributed by atoms with Crippen molar-refractivity contribution in [2.45, 2.75) is 19.0 Å². The highest BCUT2D eigenvalue weighted by atomic mass is 19.4. The van der Waals surface area contributed by atoms with Gasteiger partial charge < -0.3 is 0 Å². The van der Waals surface area contributed by atoms with E-state index in [-0.39, 0.29) is 5.69 Å².